The molecule has 1 heterocycles. The Morgan fingerprint density at radius 2 is 1.83 bits per heavy atom. The van der Waals surface area contributed by atoms with Crippen molar-refractivity contribution in [2.24, 2.45) is 0 Å². The van der Waals surface area contributed by atoms with Gasteiger partial charge < -0.3 is 15.2 Å². The molecule has 1 N–H and O–H groups in total. The second-order valence-corrected chi connectivity index (χ2v) is 7.42. The topological polar surface area (TPSA) is 82.1 Å². The van der Waals surface area contributed by atoms with Crippen molar-refractivity contribution in [2.75, 3.05) is 11.9 Å². The Kier molecular flexibility index (Phi) is 9.20. The number of rotatable bonds is 7. The molecule has 0 radical (unpaired) electrons. The maximum absolute atomic E-state index is 12.3. The molecule has 8 heteroatoms. The molecule has 142 valence electrons. The molecule has 0 amide bonds. The van der Waals surface area contributed by atoms with Crippen molar-refractivity contribution in [3.05, 3.63) is 88.6 Å². The van der Waals surface area contributed by atoms with Crippen LogP contribution < -0.4 is 40.0 Å². The number of carboxylic acids is 1. The average molecular weight is 435 g/mol. The molecule has 0 spiro atoms. The van der Waals surface area contributed by atoms with Gasteiger partial charge in [0.05, 0.1) is 12.5 Å². The van der Waals surface area contributed by atoms with Crippen molar-refractivity contribution in [1.82, 2.24) is 4.98 Å². The molecule has 0 bridgehead atoms. The molecule has 0 atom stereocenters. The Balaban J connectivity index is 0.00000300. The summed E-state index contributed by atoms with van der Waals surface area (Å²) in [5.74, 6) is -1.36. The van der Waals surface area contributed by atoms with E-state index in [9.17, 15) is 14.7 Å². The van der Waals surface area contributed by atoms with Gasteiger partial charge in [-0.05, 0) is 53.6 Å². The van der Waals surface area contributed by atoms with Crippen molar-refractivity contribution in [1.29, 1.82) is 0 Å². The summed E-state index contributed by atoms with van der Waals surface area (Å²) in [7, 11) is 0. The zero-order valence-corrected chi connectivity index (χ0v) is 19.3. The number of benzene rings is 2. The van der Waals surface area contributed by atoms with Crippen LogP contribution in [-0.4, -0.2) is 22.6 Å². The van der Waals surface area contributed by atoms with Gasteiger partial charge in [-0.25, -0.2) is 4.98 Å². The van der Waals surface area contributed by atoms with Crippen LogP contribution in [0.15, 0.2) is 71.9 Å². The molecule has 0 aliphatic heterocycles. The van der Waals surface area contributed by atoms with E-state index >= 15 is 0 Å². The van der Waals surface area contributed by atoms with Gasteiger partial charge in [-0.1, -0.05) is 48.0 Å². The van der Waals surface area contributed by atoms with Crippen molar-refractivity contribution < 1.29 is 44.3 Å². The first kappa shape index (κ1) is 23.4. The summed E-state index contributed by atoms with van der Waals surface area (Å²) < 4.78 is 0. The number of nitrogens with one attached hydrogen (secondary N) is 1. The van der Waals surface area contributed by atoms with E-state index in [1.54, 1.807) is 6.07 Å². The summed E-state index contributed by atoms with van der Waals surface area (Å²) in [6.07, 6.45) is 2.13. The SMILES string of the molecule is O=C(CNc1cc(Cl)ccc1Cc1ccccc1)Sc1ncccc1C(=O)[O-].[Na+]. The van der Waals surface area contributed by atoms with Crippen LogP contribution in [0, 0.1) is 0 Å². The fraction of sp³-hybridized carbons (Fsp3) is 0.0952. The molecule has 3 aromatic rings. The quantitative estimate of drug-likeness (QED) is 0.429. The van der Waals surface area contributed by atoms with Gasteiger partial charge in [-0.2, -0.15) is 0 Å². The monoisotopic (exact) mass is 434 g/mol. The zero-order valence-electron chi connectivity index (χ0n) is 15.7. The second-order valence-electron chi connectivity index (χ2n) is 5.94. The number of hydrogen-bond donors (Lipinski definition) is 1. The Bertz CT molecular complexity index is 1000. The number of aromatic carboxylic acids is 1. The number of nitrogens with zero attached hydrogens (tertiary/aromatic N) is 1. The molecule has 0 unspecified atom stereocenters. The van der Waals surface area contributed by atoms with Crippen LogP contribution in [0.3, 0.4) is 0 Å². The molecule has 3 rings (SSSR count). The van der Waals surface area contributed by atoms with Crippen LogP contribution in [0.4, 0.5) is 5.69 Å². The molecule has 1 aromatic heterocycles. The van der Waals surface area contributed by atoms with Gasteiger partial charge in [0.2, 0.25) is 5.12 Å². The minimum absolute atomic E-state index is 0. The third-order valence-corrected chi connectivity index (χ3v) is 5.06. The summed E-state index contributed by atoms with van der Waals surface area (Å²) in [5, 5.41) is 14.6. The van der Waals surface area contributed by atoms with Crippen molar-refractivity contribution in [2.45, 2.75) is 11.4 Å². The molecule has 2 aromatic carbocycles. The van der Waals surface area contributed by atoms with E-state index in [-0.39, 0.29) is 51.8 Å². The molecule has 5 nitrogen and oxygen atoms in total. The summed E-state index contributed by atoms with van der Waals surface area (Å²) >= 11 is 6.87. The summed E-state index contributed by atoms with van der Waals surface area (Å²) in [5.41, 5.74) is 2.79. The second kappa shape index (κ2) is 11.4. The van der Waals surface area contributed by atoms with Crippen LogP contribution in [0.25, 0.3) is 0 Å². The van der Waals surface area contributed by atoms with Crippen molar-refractivity contribution >= 4 is 40.1 Å². The molecule has 0 saturated carbocycles. The zero-order chi connectivity index (χ0) is 19.9. The Morgan fingerprint density at radius 3 is 2.55 bits per heavy atom. The van der Waals surface area contributed by atoms with Gasteiger partial charge in [0.1, 0.15) is 5.03 Å². The summed E-state index contributed by atoms with van der Waals surface area (Å²) in [6, 6.07) is 18.3. The van der Waals surface area contributed by atoms with Gasteiger partial charge in [-0.3, -0.25) is 4.79 Å². The smallest absolute Gasteiger partial charge is 0.545 e. The Labute approximate surface area is 200 Å². The number of carbonyl (C=O) groups excluding carboxylic acids is 2. The van der Waals surface area contributed by atoms with Crippen molar-refractivity contribution in [3.8, 4) is 0 Å². The normalized spacial score (nSPS) is 10.1. The first-order chi connectivity index (χ1) is 13.5. The van der Waals surface area contributed by atoms with E-state index in [1.807, 2.05) is 42.5 Å². The van der Waals surface area contributed by atoms with E-state index in [4.69, 9.17) is 11.6 Å². The number of carbonyl (C=O) groups is 2. The van der Waals surface area contributed by atoms with E-state index in [0.29, 0.717) is 11.4 Å². The van der Waals surface area contributed by atoms with Crippen LogP contribution >= 0.6 is 23.4 Å². The average Bonchev–Trinajstić information content (AvgIpc) is 2.69. The first-order valence-corrected chi connectivity index (χ1v) is 9.65. The van der Waals surface area contributed by atoms with Crippen LogP contribution in [0.5, 0.6) is 0 Å². The number of aromatic nitrogens is 1. The van der Waals surface area contributed by atoms with E-state index in [1.165, 1.54) is 18.3 Å². The number of carboxylic acid groups (broad SMARTS) is 1. The minimum Gasteiger partial charge on any atom is -0.545 e. The maximum atomic E-state index is 12.3. The molecule has 0 aliphatic rings. The number of thioether (sulfide) groups is 1. The number of halogens is 1. The van der Waals surface area contributed by atoms with Gasteiger partial charge >= 0.3 is 29.6 Å². The predicted octanol–water partition coefficient (Wildman–Crippen LogP) is 0.424. The molecular weight excluding hydrogens is 419 g/mol. The predicted molar refractivity (Wildman–Crippen MR) is 109 cm³/mol. The van der Waals surface area contributed by atoms with E-state index < -0.39 is 5.97 Å². The third kappa shape index (κ3) is 6.87. The van der Waals surface area contributed by atoms with E-state index in [2.05, 4.69) is 10.3 Å². The molecular formula is C21H16ClN2NaO3S. The Morgan fingerprint density at radius 1 is 1.07 bits per heavy atom. The van der Waals surface area contributed by atoms with Gasteiger partial charge in [0, 0.05) is 22.5 Å². The first-order valence-electron chi connectivity index (χ1n) is 8.46. The molecule has 0 saturated heterocycles. The number of pyridine rings is 1. The molecule has 0 fully saturated rings. The fourth-order valence-electron chi connectivity index (χ4n) is 2.62. The molecule has 0 aliphatic carbocycles. The number of hydrogen-bond acceptors (Lipinski definition) is 6. The van der Waals surface area contributed by atoms with Gasteiger partial charge in [0.15, 0.2) is 0 Å². The number of anilines is 1. The summed E-state index contributed by atoms with van der Waals surface area (Å²) in [6.45, 7) is -0.00411. The summed E-state index contributed by atoms with van der Waals surface area (Å²) in [4.78, 5) is 27.4. The van der Waals surface area contributed by atoms with Crippen molar-refractivity contribution in [3.63, 3.8) is 0 Å². The standard InChI is InChI=1S/C21H17ClN2O3S.Na/c22-16-9-8-15(11-14-5-2-1-3-6-14)18(12-16)24-13-19(25)28-20-17(21(26)27)7-4-10-23-20;/h1-10,12,24H,11,13H2,(H,26,27);/q;+1/p-1. The molecule has 29 heavy (non-hydrogen) atoms. The largest absolute Gasteiger partial charge is 1.00 e. The Hall–Kier alpha value is -1.83. The van der Waals surface area contributed by atoms with Gasteiger partial charge in [-0.15, -0.1) is 0 Å². The fourth-order valence-corrected chi connectivity index (χ4v) is 3.53. The van der Waals surface area contributed by atoms with E-state index in [0.717, 1.165) is 28.6 Å². The van der Waals surface area contributed by atoms with Crippen LogP contribution in [-0.2, 0) is 11.2 Å². The maximum Gasteiger partial charge on any atom is 1.00 e. The van der Waals surface area contributed by atoms with Crippen LogP contribution in [0.2, 0.25) is 5.02 Å². The van der Waals surface area contributed by atoms with Crippen LogP contribution in [0.1, 0.15) is 21.5 Å². The third-order valence-electron chi connectivity index (χ3n) is 3.93. The van der Waals surface area contributed by atoms with Gasteiger partial charge in [0.25, 0.3) is 0 Å². The minimum atomic E-state index is -1.36.